The Balaban J connectivity index is 1.69. The van der Waals surface area contributed by atoms with E-state index < -0.39 is 12.1 Å². The molecule has 1 fully saturated rings. The van der Waals surface area contributed by atoms with Crippen molar-refractivity contribution in [3.8, 4) is 0 Å². The molecule has 6 nitrogen and oxygen atoms in total. The van der Waals surface area contributed by atoms with Crippen molar-refractivity contribution in [2.45, 2.75) is 66.0 Å². The van der Waals surface area contributed by atoms with Crippen molar-refractivity contribution < 1.29 is 14.3 Å². The van der Waals surface area contributed by atoms with Crippen LogP contribution >= 0.6 is 0 Å². The van der Waals surface area contributed by atoms with Crippen molar-refractivity contribution in [2.24, 2.45) is 0 Å². The maximum atomic E-state index is 12.8. The molecule has 0 saturated carbocycles. The van der Waals surface area contributed by atoms with Gasteiger partial charge in [-0.05, 0) is 46.1 Å². The average molecular weight is 398 g/mol. The Bertz CT molecular complexity index is 862. The lowest BCUT2D eigenvalue weighted by Crippen LogP contribution is -2.40. The van der Waals surface area contributed by atoms with Crippen molar-refractivity contribution in [3.05, 3.63) is 52.3 Å². The summed E-state index contributed by atoms with van der Waals surface area (Å²) in [7, 11) is 0. The topological polar surface area (TPSA) is 64.4 Å². The highest BCUT2D eigenvalue weighted by Crippen LogP contribution is 2.18. The highest BCUT2D eigenvalue weighted by Gasteiger charge is 2.27. The second-order valence-electron chi connectivity index (χ2n) is 7.98. The molecule has 1 amide bonds. The van der Waals surface area contributed by atoms with Crippen molar-refractivity contribution >= 4 is 11.9 Å². The Labute approximate surface area is 172 Å². The molecule has 156 valence electrons. The van der Waals surface area contributed by atoms with Crippen LogP contribution in [0.5, 0.6) is 0 Å². The van der Waals surface area contributed by atoms with E-state index in [0.29, 0.717) is 17.8 Å². The second-order valence-corrected chi connectivity index (χ2v) is 7.98. The van der Waals surface area contributed by atoms with Gasteiger partial charge in [0, 0.05) is 13.1 Å². The molecular weight excluding hydrogens is 366 g/mol. The van der Waals surface area contributed by atoms with Crippen LogP contribution in [0, 0.1) is 20.8 Å². The van der Waals surface area contributed by atoms with Crippen LogP contribution in [0.25, 0.3) is 0 Å². The third kappa shape index (κ3) is 5.05. The number of carbonyl (C=O) groups is 2. The van der Waals surface area contributed by atoms with Crippen LogP contribution in [0.3, 0.4) is 0 Å². The molecule has 1 aliphatic rings. The number of hydrogen-bond donors (Lipinski definition) is 0. The first kappa shape index (κ1) is 21.1. The fraction of sp³-hybridized carbons (Fsp3) is 0.522. The molecule has 1 atom stereocenters. The number of aryl methyl sites for hydroxylation is 2. The molecule has 6 heteroatoms. The molecule has 1 saturated heterocycles. The van der Waals surface area contributed by atoms with E-state index in [-0.39, 0.29) is 5.91 Å². The monoisotopic (exact) mass is 397 g/mol. The molecule has 1 aromatic heterocycles. The summed E-state index contributed by atoms with van der Waals surface area (Å²) in [5.41, 5.74) is 4.14. The average Bonchev–Trinajstić information content (AvgIpc) is 2.87. The molecule has 0 radical (unpaired) electrons. The maximum absolute atomic E-state index is 12.8. The zero-order chi connectivity index (χ0) is 21.0. The van der Waals surface area contributed by atoms with Crippen molar-refractivity contribution in [3.63, 3.8) is 0 Å². The summed E-state index contributed by atoms with van der Waals surface area (Å²) in [6.45, 7) is 9.45. The number of carbonyl (C=O) groups excluding carboxylic acids is 2. The summed E-state index contributed by atoms with van der Waals surface area (Å²) in [5.74, 6) is -0.589. The van der Waals surface area contributed by atoms with Crippen molar-refractivity contribution in [1.82, 2.24) is 14.7 Å². The van der Waals surface area contributed by atoms with Crippen LogP contribution in [0.1, 0.15) is 65.5 Å². The molecule has 0 unspecified atom stereocenters. The normalized spacial score (nSPS) is 15.7. The van der Waals surface area contributed by atoms with Crippen LogP contribution in [0.15, 0.2) is 24.3 Å². The molecule has 0 aliphatic carbocycles. The van der Waals surface area contributed by atoms with Gasteiger partial charge in [0.25, 0.3) is 5.91 Å². The van der Waals surface area contributed by atoms with Crippen LogP contribution in [-0.2, 0) is 16.1 Å². The van der Waals surface area contributed by atoms with Gasteiger partial charge in [-0.15, -0.1) is 0 Å². The number of amides is 1. The highest BCUT2D eigenvalue weighted by atomic mass is 16.5. The van der Waals surface area contributed by atoms with Gasteiger partial charge in [0.2, 0.25) is 0 Å². The number of nitrogens with zero attached hydrogens (tertiary/aromatic N) is 3. The predicted molar refractivity (Wildman–Crippen MR) is 112 cm³/mol. The Hall–Kier alpha value is -2.63. The Morgan fingerprint density at radius 1 is 1.03 bits per heavy atom. The van der Waals surface area contributed by atoms with E-state index in [4.69, 9.17) is 4.74 Å². The summed E-state index contributed by atoms with van der Waals surface area (Å²) in [6, 6.07) is 8.25. The van der Waals surface area contributed by atoms with Crippen LogP contribution in [0.4, 0.5) is 0 Å². The molecular formula is C23H31N3O3. The number of benzene rings is 1. The van der Waals surface area contributed by atoms with Gasteiger partial charge < -0.3 is 9.64 Å². The minimum atomic E-state index is -0.792. The van der Waals surface area contributed by atoms with Gasteiger partial charge in [-0.3, -0.25) is 9.48 Å². The Morgan fingerprint density at radius 3 is 2.28 bits per heavy atom. The Kier molecular flexibility index (Phi) is 6.72. The third-order valence-corrected chi connectivity index (χ3v) is 5.59. The second kappa shape index (κ2) is 9.25. The smallest absolute Gasteiger partial charge is 0.342 e. The van der Waals surface area contributed by atoms with E-state index in [0.717, 1.165) is 50.0 Å². The van der Waals surface area contributed by atoms with Crippen molar-refractivity contribution in [2.75, 3.05) is 13.1 Å². The lowest BCUT2D eigenvalue weighted by atomic mass is 10.1. The van der Waals surface area contributed by atoms with E-state index in [1.165, 1.54) is 5.56 Å². The maximum Gasteiger partial charge on any atom is 0.342 e. The molecule has 0 bridgehead atoms. The molecule has 0 N–H and O–H groups in total. The van der Waals surface area contributed by atoms with Crippen LogP contribution in [0.2, 0.25) is 0 Å². The fourth-order valence-corrected chi connectivity index (χ4v) is 3.83. The minimum absolute atomic E-state index is 0.109. The van der Waals surface area contributed by atoms with Crippen LogP contribution < -0.4 is 0 Å². The third-order valence-electron chi connectivity index (χ3n) is 5.59. The van der Waals surface area contributed by atoms with E-state index in [1.807, 2.05) is 16.5 Å². The zero-order valence-electron chi connectivity index (χ0n) is 17.9. The summed E-state index contributed by atoms with van der Waals surface area (Å²) < 4.78 is 7.37. The number of rotatable bonds is 5. The minimum Gasteiger partial charge on any atom is -0.449 e. The van der Waals surface area contributed by atoms with Gasteiger partial charge in [-0.2, -0.15) is 5.10 Å². The first-order valence-electron chi connectivity index (χ1n) is 10.5. The van der Waals surface area contributed by atoms with E-state index in [2.05, 4.69) is 36.3 Å². The number of likely N-dealkylation sites (tertiary alicyclic amines) is 1. The van der Waals surface area contributed by atoms with Gasteiger partial charge in [-0.25, -0.2) is 4.79 Å². The quantitative estimate of drug-likeness (QED) is 0.720. The summed E-state index contributed by atoms with van der Waals surface area (Å²) in [5, 5.41) is 4.52. The van der Waals surface area contributed by atoms with Crippen molar-refractivity contribution in [1.29, 1.82) is 0 Å². The molecule has 29 heavy (non-hydrogen) atoms. The van der Waals surface area contributed by atoms with E-state index >= 15 is 0 Å². The highest BCUT2D eigenvalue weighted by molar-refractivity contribution is 5.94. The number of aromatic nitrogens is 2. The summed E-state index contributed by atoms with van der Waals surface area (Å²) >= 11 is 0. The lowest BCUT2D eigenvalue weighted by molar-refractivity contribution is -0.139. The predicted octanol–water partition coefficient (Wildman–Crippen LogP) is 3.80. The van der Waals surface area contributed by atoms with E-state index in [9.17, 15) is 9.59 Å². The van der Waals surface area contributed by atoms with Gasteiger partial charge in [0.05, 0.1) is 17.9 Å². The van der Waals surface area contributed by atoms with E-state index in [1.54, 1.807) is 13.8 Å². The molecule has 1 aromatic carbocycles. The fourth-order valence-electron chi connectivity index (χ4n) is 3.83. The van der Waals surface area contributed by atoms with Gasteiger partial charge in [0.1, 0.15) is 5.56 Å². The van der Waals surface area contributed by atoms with Gasteiger partial charge in [0.15, 0.2) is 6.10 Å². The lowest BCUT2D eigenvalue weighted by Gasteiger charge is -2.24. The molecule has 1 aliphatic heterocycles. The van der Waals surface area contributed by atoms with Crippen LogP contribution in [-0.4, -0.2) is 45.8 Å². The summed E-state index contributed by atoms with van der Waals surface area (Å²) in [6.07, 6.45) is 3.53. The number of esters is 1. The van der Waals surface area contributed by atoms with Gasteiger partial charge in [-0.1, -0.05) is 42.7 Å². The zero-order valence-corrected chi connectivity index (χ0v) is 17.9. The van der Waals surface area contributed by atoms with Gasteiger partial charge >= 0.3 is 5.97 Å². The molecule has 2 aromatic rings. The molecule has 3 rings (SSSR count). The summed E-state index contributed by atoms with van der Waals surface area (Å²) in [4.78, 5) is 27.3. The first-order chi connectivity index (χ1) is 13.9. The number of ether oxygens (including phenoxy) is 1. The first-order valence-corrected chi connectivity index (χ1v) is 10.5. The molecule has 0 spiro atoms. The Morgan fingerprint density at radius 2 is 1.66 bits per heavy atom. The number of hydrogen-bond acceptors (Lipinski definition) is 4. The standard InChI is InChI=1S/C23H31N3O3/c1-16-9-11-20(12-10-16)15-26-18(3)21(17(2)24-26)23(28)29-19(4)22(27)25-13-7-5-6-8-14-25/h9-12,19H,5-8,13-15H2,1-4H3/t19-/m1/s1. The SMILES string of the molecule is Cc1ccc(Cn2nc(C)c(C(=O)O[C@H](C)C(=O)N3CCCCCC3)c2C)cc1. The largest absolute Gasteiger partial charge is 0.449 e. The molecule has 2 heterocycles.